The summed E-state index contributed by atoms with van der Waals surface area (Å²) in [5.74, 6) is -0.443. The molecule has 7 nitrogen and oxygen atoms in total. The first kappa shape index (κ1) is 22.4. The third-order valence-corrected chi connectivity index (χ3v) is 3.52. The molecule has 0 radical (unpaired) electrons. The van der Waals surface area contributed by atoms with E-state index in [2.05, 4.69) is 4.74 Å². The number of nitrogens with zero attached hydrogens (tertiary/aromatic N) is 1. The molecule has 0 spiro atoms. The van der Waals surface area contributed by atoms with Gasteiger partial charge in [-0.2, -0.15) is 0 Å². The van der Waals surface area contributed by atoms with Crippen molar-refractivity contribution in [2.75, 3.05) is 13.2 Å². The van der Waals surface area contributed by atoms with E-state index in [1.807, 2.05) is 12.2 Å². The summed E-state index contributed by atoms with van der Waals surface area (Å²) in [6, 6.07) is 6.89. The van der Waals surface area contributed by atoms with E-state index >= 15 is 0 Å². The van der Waals surface area contributed by atoms with Gasteiger partial charge in [0.25, 0.3) is 11.8 Å². The molecular weight excluding hydrogens is 348 g/mol. The summed E-state index contributed by atoms with van der Waals surface area (Å²) in [7, 11) is 0. The van der Waals surface area contributed by atoms with Gasteiger partial charge in [-0.3, -0.25) is 14.5 Å². The Balaban J connectivity index is 0.000000387. The topological polar surface area (TPSA) is 110 Å². The summed E-state index contributed by atoms with van der Waals surface area (Å²) in [6.45, 7) is 5.80. The zero-order valence-electron chi connectivity index (χ0n) is 16.1. The number of ether oxygens (including phenoxy) is 1. The highest BCUT2D eigenvalue weighted by Crippen LogP contribution is 2.22. The van der Waals surface area contributed by atoms with E-state index in [4.69, 9.17) is 10.8 Å². The quantitative estimate of drug-likeness (QED) is 0.451. The minimum absolute atomic E-state index is 0.201. The Bertz CT molecular complexity index is 657. The van der Waals surface area contributed by atoms with Crippen molar-refractivity contribution in [3.05, 3.63) is 47.5 Å². The fourth-order valence-electron chi connectivity index (χ4n) is 2.38. The van der Waals surface area contributed by atoms with E-state index < -0.39 is 11.7 Å². The smallest absolute Gasteiger partial charge is 0.405 e. The Hall–Kier alpha value is -2.67. The van der Waals surface area contributed by atoms with Crippen LogP contribution in [0, 0.1) is 0 Å². The van der Waals surface area contributed by atoms with Gasteiger partial charge < -0.3 is 15.6 Å². The van der Waals surface area contributed by atoms with Gasteiger partial charge in [-0.15, -0.1) is 0 Å². The van der Waals surface area contributed by atoms with Crippen molar-refractivity contribution >= 4 is 17.9 Å². The molecule has 1 heterocycles. The van der Waals surface area contributed by atoms with Crippen LogP contribution in [0.3, 0.4) is 0 Å². The lowest BCUT2D eigenvalue weighted by Gasteiger charge is -2.16. The number of amides is 3. The van der Waals surface area contributed by atoms with Gasteiger partial charge in [-0.05, 0) is 52.2 Å². The Morgan fingerprint density at radius 1 is 1.11 bits per heavy atom. The standard InChI is InChI=1S/C15H17NO3.C5H11NO2/c17-11-7-3-1-2-6-10-16-14(18)12-8-4-5-9-13(12)15(16)19;1-5(2,3)8-4(6)7/h2,4-6,8-9,17H,1,3,7,10-11H2;1-3H3,(H2,6,7)/b6-2+;. The average Bonchev–Trinajstić information content (AvgIpc) is 2.81. The Kier molecular flexibility index (Phi) is 8.68. The molecule has 0 saturated carbocycles. The first-order valence-corrected chi connectivity index (χ1v) is 8.87. The van der Waals surface area contributed by atoms with Crippen molar-refractivity contribution in [1.82, 2.24) is 4.90 Å². The molecule has 148 valence electrons. The van der Waals surface area contributed by atoms with Crippen LogP contribution < -0.4 is 5.73 Å². The molecular formula is C20H28N2O5. The number of aliphatic hydroxyl groups excluding tert-OH is 1. The van der Waals surface area contributed by atoms with Crippen LogP contribution in [0.5, 0.6) is 0 Å². The second kappa shape index (κ2) is 10.5. The number of nitrogens with two attached hydrogens (primary N) is 1. The normalized spacial score (nSPS) is 13.4. The molecule has 1 aromatic carbocycles. The SMILES string of the molecule is CC(C)(C)OC(N)=O.O=C1c2ccccc2C(=O)N1C/C=C/CCCCO. The van der Waals surface area contributed by atoms with E-state index in [-0.39, 0.29) is 18.4 Å². The van der Waals surface area contributed by atoms with Gasteiger partial charge in [0.15, 0.2) is 0 Å². The molecule has 0 fully saturated rings. The molecule has 1 aliphatic heterocycles. The zero-order chi connectivity index (χ0) is 20.4. The summed E-state index contributed by atoms with van der Waals surface area (Å²) in [5.41, 5.74) is 5.24. The average molecular weight is 376 g/mol. The highest BCUT2D eigenvalue weighted by molar-refractivity contribution is 6.21. The van der Waals surface area contributed by atoms with Crippen molar-refractivity contribution in [3.8, 4) is 0 Å². The second-order valence-corrected chi connectivity index (χ2v) is 6.99. The first-order chi connectivity index (χ1) is 12.7. The lowest BCUT2D eigenvalue weighted by Crippen LogP contribution is -2.29. The highest BCUT2D eigenvalue weighted by atomic mass is 16.6. The number of imide groups is 1. The number of allylic oxidation sites excluding steroid dienone is 1. The summed E-state index contributed by atoms with van der Waals surface area (Å²) in [4.78, 5) is 35.3. The van der Waals surface area contributed by atoms with Crippen LogP contribution >= 0.6 is 0 Å². The van der Waals surface area contributed by atoms with Crippen LogP contribution in [0.1, 0.15) is 60.7 Å². The van der Waals surface area contributed by atoms with Gasteiger partial charge in [0.2, 0.25) is 0 Å². The number of benzene rings is 1. The van der Waals surface area contributed by atoms with Gasteiger partial charge in [0, 0.05) is 13.2 Å². The molecule has 0 aliphatic carbocycles. The van der Waals surface area contributed by atoms with Gasteiger partial charge in [0.05, 0.1) is 11.1 Å². The number of aliphatic hydroxyl groups is 1. The lowest BCUT2D eigenvalue weighted by atomic mass is 10.1. The summed E-state index contributed by atoms with van der Waals surface area (Å²) >= 11 is 0. The minimum Gasteiger partial charge on any atom is -0.444 e. The molecule has 2 rings (SSSR count). The second-order valence-electron chi connectivity index (χ2n) is 6.99. The van der Waals surface area contributed by atoms with Crippen molar-refractivity contribution in [2.24, 2.45) is 5.73 Å². The van der Waals surface area contributed by atoms with Crippen molar-refractivity contribution in [3.63, 3.8) is 0 Å². The number of unbranched alkanes of at least 4 members (excludes halogenated alkanes) is 2. The molecule has 7 heteroatoms. The summed E-state index contributed by atoms with van der Waals surface area (Å²) in [6.07, 6.45) is 5.59. The third kappa shape index (κ3) is 7.62. The Morgan fingerprint density at radius 3 is 2.07 bits per heavy atom. The predicted octanol–water partition coefficient (Wildman–Crippen LogP) is 2.88. The van der Waals surface area contributed by atoms with Crippen LogP contribution in [-0.2, 0) is 4.74 Å². The largest absolute Gasteiger partial charge is 0.444 e. The van der Waals surface area contributed by atoms with Crippen molar-refractivity contribution in [1.29, 1.82) is 0 Å². The van der Waals surface area contributed by atoms with E-state index in [1.165, 1.54) is 4.90 Å². The van der Waals surface area contributed by atoms with Gasteiger partial charge in [-0.1, -0.05) is 24.3 Å². The van der Waals surface area contributed by atoms with E-state index in [0.29, 0.717) is 17.7 Å². The van der Waals surface area contributed by atoms with Crippen molar-refractivity contribution in [2.45, 2.75) is 45.6 Å². The van der Waals surface area contributed by atoms with Crippen LogP contribution in [0.4, 0.5) is 4.79 Å². The predicted molar refractivity (Wildman–Crippen MR) is 102 cm³/mol. The molecule has 0 aromatic heterocycles. The molecule has 0 atom stereocenters. The maximum absolute atomic E-state index is 12.0. The number of hydrogen-bond donors (Lipinski definition) is 2. The fraction of sp³-hybridized carbons (Fsp3) is 0.450. The van der Waals surface area contributed by atoms with E-state index in [9.17, 15) is 14.4 Å². The van der Waals surface area contributed by atoms with Gasteiger partial charge >= 0.3 is 6.09 Å². The summed E-state index contributed by atoms with van der Waals surface area (Å²) < 4.78 is 4.58. The number of hydrogen-bond acceptors (Lipinski definition) is 5. The molecule has 1 aromatic rings. The molecule has 1 aliphatic rings. The van der Waals surface area contributed by atoms with Crippen molar-refractivity contribution < 1.29 is 24.2 Å². The first-order valence-electron chi connectivity index (χ1n) is 8.87. The van der Waals surface area contributed by atoms with E-state index in [1.54, 1.807) is 45.0 Å². The van der Waals surface area contributed by atoms with E-state index in [0.717, 1.165) is 19.3 Å². The number of carbonyl (C=O) groups is 3. The number of rotatable bonds is 6. The lowest BCUT2D eigenvalue weighted by molar-refractivity contribution is 0.0597. The molecule has 3 N–H and O–H groups in total. The molecule has 0 unspecified atom stereocenters. The van der Waals surface area contributed by atoms with Crippen LogP contribution in [0.15, 0.2) is 36.4 Å². The highest BCUT2D eigenvalue weighted by Gasteiger charge is 2.33. The number of fused-ring (bicyclic) bond motifs is 1. The molecule has 0 saturated heterocycles. The minimum atomic E-state index is -0.725. The van der Waals surface area contributed by atoms with Crippen LogP contribution in [-0.4, -0.2) is 46.7 Å². The van der Waals surface area contributed by atoms with Crippen LogP contribution in [0.2, 0.25) is 0 Å². The number of carbonyl (C=O) groups excluding carboxylic acids is 3. The van der Waals surface area contributed by atoms with Gasteiger partial charge in [-0.25, -0.2) is 4.79 Å². The Morgan fingerprint density at radius 2 is 1.67 bits per heavy atom. The molecule has 0 bridgehead atoms. The zero-order valence-corrected chi connectivity index (χ0v) is 16.1. The maximum atomic E-state index is 12.0. The van der Waals surface area contributed by atoms with Crippen LogP contribution in [0.25, 0.3) is 0 Å². The molecule has 27 heavy (non-hydrogen) atoms. The number of primary amides is 1. The van der Waals surface area contributed by atoms with Gasteiger partial charge in [0.1, 0.15) is 5.60 Å². The Labute approximate surface area is 159 Å². The summed E-state index contributed by atoms with van der Waals surface area (Å²) in [5, 5.41) is 8.64. The fourth-order valence-corrected chi connectivity index (χ4v) is 2.38. The maximum Gasteiger partial charge on any atom is 0.405 e. The monoisotopic (exact) mass is 376 g/mol. The molecule has 3 amide bonds. The third-order valence-electron chi connectivity index (χ3n) is 3.52.